The number of rotatable bonds is 6. The summed E-state index contributed by atoms with van der Waals surface area (Å²) in [5.74, 6) is 0.162. The summed E-state index contributed by atoms with van der Waals surface area (Å²) < 4.78 is 11.0. The second kappa shape index (κ2) is 6.65. The monoisotopic (exact) mass is 276 g/mol. The molecule has 2 unspecified atom stereocenters. The van der Waals surface area contributed by atoms with Crippen molar-refractivity contribution in [1.82, 2.24) is 15.5 Å². The summed E-state index contributed by atoms with van der Waals surface area (Å²) >= 11 is 1.21. The lowest BCUT2D eigenvalue weighted by atomic mass is 10.4. The summed E-state index contributed by atoms with van der Waals surface area (Å²) in [6, 6.07) is -0.139. The Labute approximate surface area is 107 Å². The van der Waals surface area contributed by atoms with Crippen LogP contribution in [-0.2, 0) is 10.8 Å². The molecule has 8 heteroatoms. The standard InChI is InChI=1S/C9H16N4O2S2/c1-4-10-9-13-12-8(16-9)7(14)11-6(2)5-17(3)15/h6H,4-5H2,1-3H3,(H,10,13)(H,11,14). The third kappa shape index (κ3) is 4.78. The van der Waals surface area contributed by atoms with Gasteiger partial charge in [0.1, 0.15) is 0 Å². The summed E-state index contributed by atoms with van der Waals surface area (Å²) in [5.41, 5.74) is 0. The van der Waals surface area contributed by atoms with Crippen LogP contribution in [0.4, 0.5) is 5.13 Å². The van der Waals surface area contributed by atoms with Crippen LogP contribution < -0.4 is 10.6 Å². The number of nitrogens with zero attached hydrogens (tertiary/aromatic N) is 2. The number of anilines is 1. The highest BCUT2D eigenvalue weighted by atomic mass is 32.2. The Kier molecular flexibility index (Phi) is 5.49. The van der Waals surface area contributed by atoms with E-state index in [2.05, 4.69) is 20.8 Å². The Morgan fingerprint density at radius 1 is 1.53 bits per heavy atom. The topological polar surface area (TPSA) is 84.0 Å². The number of hydrogen-bond donors (Lipinski definition) is 2. The molecule has 17 heavy (non-hydrogen) atoms. The molecule has 0 aliphatic heterocycles. The van der Waals surface area contributed by atoms with Gasteiger partial charge in [0.05, 0.1) is 0 Å². The molecule has 0 aliphatic carbocycles. The zero-order valence-electron chi connectivity index (χ0n) is 10.0. The van der Waals surface area contributed by atoms with E-state index < -0.39 is 10.8 Å². The highest BCUT2D eigenvalue weighted by molar-refractivity contribution is 7.84. The summed E-state index contributed by atoms with van der Waals surface area (Å²) in [6.45, 7) is 4.49. The number of nitrogens with one attached hydrogen (secondary N) is 2. The Bertz CT molecular complexity index is 407. The van der Waals surface area contributed by atoms with Gasteiger partial charge in [-0.2, -0.15) is 0 Å². The van der Waals surface area contributed by atoms with Crippen LogP contribution in [0.25, 0.3) is 0 Å². The normalized spacial score (nSPS) is 14.1. The van der Waals surface area contributed by atoms with Gasteiger partial charge in [0, 0.05) is 35.4 Å². The van der Waals surface area contributed by atoms with Gasteiger partial charge in [0.25, 0.3) is 5.91 Å². The van der Waals surface area contributed by atoms with E-state index in [-0.39, 0.29) is 11.9 Å². The van der Waals surface area contributed by atoms with Crippen molar-refractivity contribution in [3.05, 3.63) is 5.01 Å². The summed E-state index contributed by atoms with van der Waals surface area (Å²) in [5, 5.41) is 14.3. The maximum atomic E-state index is 11.7. The molecule has 0 spiro atoms. The van der Waals surface area contributed by atoms with E-state index in [0.29, 0.717) is 15.9 Å². The minimum Gasteiger partial charge on any atom is -0.360 e. The molecule has 1 rings (SSSR count). The molecule has 1 amide bonds. The van der Waals surface area contributed by atoms with Crippen LogP contribution in [0, 0.1) is 0 Å². The molecular weight excluding hydrogens is 260 g/mol. The lowest BCUT2D eigenvalue weighted by Crippen LogP contribution is -2.36. The van der Waals surface area contributed by atoms with Gasteiger partial charge < -0.3 is 10.6 Å². The highest BCUT2D eigenvalue weighted by Crippen LogP contribution is 2.14. The van der Waals surface area contributed by atoms with Crippen molar-refractivity contribution in [2.45, 2.75) is 19.9 Å². The first kappa shape index (κ1) is 14.0. The lowest BCUT2D eigenvalue weighted by molar-refractivity contribution is 0.0942. The van der Waals surface area contributed by atoms with Crippen LogP contribution in [0.1, 0.15) is 23.6 Å². The minimum atomic E-state index is -0.926. The van der Waals surface area contributed by atoms with Crippen LogP contribution in [-0.4, -0.2) is 44.9 Å². The maximum absolute atomic E-state index is 11.7. The van der Waals surface area contributed by atoms with E-state index in [1.54, 1.807) is 6.26 Å². The number of carbonyl (C=O) groups is 1. The molecule has 0 aromatic carbocycles. The number of carbonyl (C=O) groups excluding carboxylic acids is 1. The van der Waals surface area contributed by atoms with Crippen molar-refractivity contribution in [1.29, 1.82) is 0 Å². The smallest absolute Gasteiger partial charge is 0.282 e. The third-order valence-electron chi connectivity index (χ3n) is 1.81. The van der Waals surface area contributed by atoms with Gasteiger partial charge in [0.15, 0.2) is 0 Å². The molecule has 2 atom stereocenters. The molecule has 0 radical (unpaired) electrons. The van der Waals surface area contributed by atoms with Crippen LogP contribution >= 0.6 is 11.3 Å². The second-order valence-corrected chi connectivity index (χ2v) is 6.01. The second-order valence-electron chi connectivity index (χ2n) is 3.56. The quantitative estimate of drug-likeness (QED) is 0.789. The predicted octanol–water partition coefficient (Wildman–Crippen LogP) is 0.467. The van der Waals surface area contributed by atoms with Gasteiger partial charge in [-0.05, 0) is 13.8 Å². The Hall–Kier alpha value is -1.02. The van der Waals surface area contributed by atoms with Crippen molar-refractivity contribution in [2.24, 2.45) is 0 Å². The SMILES string of the molecule is CCNc1nnc(C(=O)NC(C)CS(C)=O)s1. The van der Waals surface area contributed by atoms with Crippen molar-refractivity contribution in [3.63, 3.8) is 0 Å². The molecule has 1 heterocycles. The molecule has 2 N–H and O–H groups in total. The number of amides is 1. The molecule has 1 aromatic heterocycles. The van der Waals surface area contributed by atoms with E-state index in [0.717, 1.165) is 6.54 Å². The maximum Gasteiger partial charge on any atom is 0.282 e. The fourth-order valence-electron chi connectivity index (χ4n) is 1.22. The molecule has 0 aliphatic rings. The molecule has 0 fully saturated rings. The highest BCUT2D eigenvalue weighted by Gasteiger charge is 2.15. The van der Waals surface area contributed by atoms with E-state index in [1.165, 1.54) is 11.3 Å². The van der Waals surface area contributed by atoms with Gasteiger partial charge >= 0.3 is 0 Å². The Morgan fingerprint density at radius 2 is 2.24 bits per heavy atom. The summed E-state index contributed by atoms with van der Waals surface area (Å²) in [7, 11) is -0.926. The zero-order chi connectivity index (χ0) is 12.8. The van der Waals surface area contributed by atoms with Gasteiger partial charge in [-0.15, -0.1) is 10.2 Å². The summed E-state index contributed by atoms with van der Waals surface area (Å²) in [6.07, 6.45) is 1.61. The fraction of sp³-hybridized carbons (Fsp3) is 0.667. The minimum absolute atomic E-state index is 0.139. The van der Waals surface area contributed by atoms with Gasteiger partial charge in [-0.25, -0.2) is 0 Å². The Balaban J connectivity index is 2.54. The van der Waals surface area contributed by atoms with Crippen molar-refractivity contribution in [3.8, 4) is 0 Å². The van der Waals surface area contributed by atoms with Crippen LogP contribution in [0.2, 0.25) is 0 Å². The molecule has 0 saturated carbocycles. The van der Waals surface area contributed by atoms with E-state index in [4.69, 9.17) is 0 Å². The van der Waals surface area contributed by atoms with E-state index in [1.807, 2.05) is 13.8 Å². The average molecular weight is 276 g/mol. The van der Waals surface area contributed by atoms with Crippen molar-refractivity contribution >= 4 is 33.2 Å². The Morgan fingerprint density at radius 3 is 2.82 bits per heavy atom. The fourth-order valence-corrected chi connectivity index (χ4v) is 2.72. The van der Waals surface area contributed by atoms with Crippen molar-refractivity contribution < 1.29 is 9.00 Å². The van der Waals surface area contributed by atoms with Gasteiger partial charge in [-0.3, -0.25) is 9.00 Å². The molecular formula is C9H16N4O2S2. The first-order valence-electron chi connectivity index (χ1n) is 5.21. The van der Waals surface area contributed by atoms with Crippen molar-refractivity contribution in [2.75, 3.05) is 23.9 Å². The molecule has 0 bridgehead atoms. The van der Waals surface area contributed by atoms with Gasteiger partial charge in [-0.1, -0.05) is 11.3 Å². The lowest BCUT2D eigenvalue weighted by Gasteiger charge is -2.10. The van der Waals surface area contributed by atoms with Crippen LogP contribution in [0.15, 0.2) is 0 Å². The summed E-state index contributed by atoms with van der Waals surface area (Å²) in [4.78, 5) is 11.7. The molecule has 0 saturated heterocycles. The van der Waals surface area contributed by atoms with Crippen LogP contribution in [0.3, 0.4) is 0 Å². The third-order valence-corrected chi connectivity index (χ3v) is 3.66. The number of hydrogen-bond acceptors (Lipinski definition) is 6. The average Bonchev–Trinajstić information content (AvgIpc) is 2.65. The largest absolute Gasteiger partial charge is 0.360 e. The predicted molar refractivity (Wildman–Crippen MR) is 69.9 cm³/mol. The number of aromatic nitrogens is 2. The first-order valence-corrected chi connectivity index (χ1v) is 7.75. The van der Waals surface area contributed by atoms with Crippen LogP contribution in [0.5, 0.6) is 0 Å². The molecule has 96 valence electrons. The molecule has 6 nitrogen and oxygen atoms in total. The first-order chi connectivity index (χ1) is 8.02. The molecule has 1 aromatic rings. The zero-order valence-corrected chi connectivity index (χ0v) is 11.7. The van der Waals surface area contributed by atoms with E-state index in [9.17, 15) is 9.00 Å². The van der Waals surface area contributed by atoms with Gasteiger partial charge in [0.2, 0.25) is 10.1 Å². The van der Waals surface area contributed by atoms with E-state index >= 15 is 0 Å².